The third kappa shape index (κ3) is 2.83. The molecule has 1 aromatic carbocycles. The predicted octanol–water partition coefficient (Wildman–Crippen LogP) is 6.94. The van der Waals surface area contributed by atoms with Crippen LogP contribution < -0.4 is 0 Å². The SMILES string of the molecule is CC12CC=C3C=C4CC[C@@H](N5CCCC5)C[C@]45CC[C@]3(O5)[C@@H]1CCC2c1ccc2ccncc2c1. The zero-order valence-corrected chi connectivity index (χ0v) is 21.1. The van der Waals surface area contributed by atoms with Crippen molar-refractivity contribution >= 4 is 10.8 Å². The molecule has 2 spiro atoms. The van der Waals surface area contributed by atoms with Gasteiger partial charge >= 0.3 is 0 Å². The first kappa shape index (κ1) is 21.1. The number of benzene rings is 1. The van der Waals surface area contributed by atoms with E-state index in [1.165, 1.54) is 93.6 Å². The van der Waals surface area contributed by atoms with Crippen LogP contribution in [0.15, 0.2) is 60.0 Å². The molecule has 3 heteroatoms. The van der Waals surface area contributed by atoms with Gasteiger partial charge in [0, 0.05) is 23.8 Å². The van der Waals surface area contributed by atoms with E-state index in [-0.39, 0.29) is 16.6 Å². The van der Waals surface area contributed by atoms with Gasteiger partial charge in [-0.05, 0) is 129 Å². The molecule has 182 valence electrons. The van der Waals surface area contributed by atoms with Gasteiger partial charge in [0.1, 0.15) is 0 Å². The number of hydrogen-bond donors (Lipinski definition) is 0. The van der Waals surface area contributed by atoms with Crippen LogP contribution in [0.2, 0.25) is 0 Å². The van der Waals surface area contributed by atoms with E-state index < -0.39 is 0 Å². The van der Waals surface area contributed by atoms with Gasteiger partial charge in [0.15, 0.2) is 0 Å². The Bertz CT molecular complexity index is 1260. The van der Waals surface area contributed by atoms with Crippen LogP contribution in [0, 0.1) is 11.3 Å². The quantitative estimate of drug-likeness (QED) is 0.479. The Labute approximate surface area is 209 Å². The topological polar surface area (TPSA) is 25.4 Å². The fourth-order valence-corrected chi connectivity index (χ4v) is 9.67. The van der Waals surface area contributed by atoms with Crippen molar-refractivity contribution in [3.05, 3.63) is 65.5 Å². The van der Waals surface area contributed by atoms with Gasteiger partial charge in [-0.3, -0.25) is 4.98 Å². The third-order valence-electron chi connectivity index (χ3n) is 11.4. The molecule has 1 aromatic heterocycles. The van der Waals surface area contributed by atoms with Crippen molar-refractivity contribution in [2.24, 2.45) is 11.3 Å². The molecule has 2 aromatic rings. The van der Waals surface area contributed by atoms with Crippen LogP contribution in [0.25, 0.3) is 10.8 Å². The number of ether oxygens (including phenoxy) is 1. The molecule has 2 saturated heterocycles. The second-order valence-corrected chi connectivity index (χ2v) is 12.8. The lowest BCUT2D eigenvalue weighted by Gasteiger charge is -2.55. The lowest BCUT2D eigenvalue weighted by molar-refractivity contribution is -0.140. The van der Waals surface area contributed by atoms with Crippen molar-refractivity contribution < 1.29 is 4.74 Å². The largest absolute Gasteiger partial charge is 0.359 e. The summed E-state index contributed by atoms with van der Waals surface area (Å²) in [6.45, 7) is 5.20. The zero-order chi connectivity index (χ0) is 23.3. The highest BCUT2D eigenvalue weighted by Crippen LogP contribution is 2.69. The Morgan fingerprint density at radius 2 is 1.94 bits per heavy atom. The van der Waals surface area contributed by atoms with Crippen molar-refractivity contribution in [2.75, 3.05) is 13.1 Å². The first-order valence-corrected chi connectivity index (χ1v) is 14.3. The number of aromatic nitrogens is 1. The van der Waals surface area contributed by atoms with E-state index in [9.17, 15) is 0 Å². The van der Waals surface area contributed by atoms with Crippen molar-refractivity contribution in [1.82, 2.24) is 9.88 Å². The number of hydrogen-bond acceptors (Lipinski definition) is 3. The Morgan fingerprint density at radius 3 is 2.86 bits per heavy atom. The average Bonchev–Trinajstić information content (AvgIpc) is 3.60. The van der Waals surface area contributed by atoms with E-state index in [4.69, 9.17) is 4.74 Å². The van der Waals surface area contributed by atoms with Crippen LogP contribution in [0.3, 0.4) is 0 Å². The lowest BCUT2D eigenvalue weighted by atomic mass is 9.58. The van der Waals surface area contributed by atoms with Crippen LogP contribution in [0.5, 0.6) is 0 Å². The van der Waals surface area contributed by atoms with E-state index in [0.717, 1.165) is 6.04 Å². The molecule has 2 saturated carbocycles. The van der Waals surface area contributed by atoms with E-state index in [2.05, 4.69) is 53.2 Å². The summed E-state index contributed by atoms with van der Waals surface area (Å²) in [4.78, 5) is 7.18. The Hall–Kier alpha value is -1.97. The molecule has 3 aliphatic heterocycles. The molecular formula is C32H38N2O. The first-order chi connectivity index (χ1) is 17.1. The minimum atomic E-state index is -0.0451. The molecule has 2 bridgehead atoms. The molecule has 6 aliphatic rings. The Balaban J connectivity index is 1.15. The second-order valence-electron chi connectivity index (χ2n) is 12.8. The van der Waals surface area contributed by atoms with Crippen LogP contribution in [-0.4, -0.2) is 40.2 Å². The summed E-state index contributed by atoms with van der Waals surface area (Å²) >= 11 is 0. The monoisotopic (exact) mass is 466 g/mol. The number of likely N-dealkylation sites (tertiary alicyclic amines) is 1. The summed E-state index contributed by atoms with van der Waals surface area (Å²) < 4.78 is 7.53. The highest BCUT2D eigenvalue weighted by molar-refractivity contribution is 5.82. The molecule has 3 aliphatic carbocycles. The maximum absolute atomic E-state index is 7.53. The maximum Gasteiger partial charge on any atom is 0.0974 e. The van der Waals surface area contributed by atoms with Gasteiger partial charge in [-0.1, -0.05) is 31.2 Å². The highest BCUT2D eigenvalue weighted by atomic mass is 16.5. The predicted molar refractivity (Wildman–Crippen MR) is 140 cm³/mol. The molecule has 0 amide bonds. The summed E-state index contributed by atoms with van der Waals surface area (Å²) in [5.74, 6) is 1.22. The van der Waals surface area contributed by atoms with E-state index in [1.807, 2.05) is 12.4 Å². The van der Waals surface area contributed by atoms with Gasteiger partial charge in [-0.2, -0.15) is 0 Å². The third-order valence-corrected chi connectivity index (χ3v) is 11.4. The maximum atomic E-state index is 7.53. The van der Waals surface area contributed by atoms with Crippen LogP contribution in [0.1, 0.15) is 82.6 Å². The average molecular weight is 467 g/mol. The van der Waals surface area contributed by atoms with Gasteiger partial charge in [0.2, 0.25) is 0 Å². The van der Waals surface area contributed by atoms with Gasteiger partial charge < -0.3 is 9.64 Å². The summed E-state index contributed by atoms with van der Waals surface area (Å²) in [5, 5.41) is 2.57. The first-order valence-electron chi connectivity index (χ1n) is 14.3. The zero-order valence-electron chi connectivity index (χ0n) is 21.1. The molecule has 8 rings (SSSR count). The van der Waals surface area contributed by atoms with Gasteiger partial charge in [0.05, 0.1) is 11.2 Å². The molecule has 3 nitrogen and oxygen atoms in total. The molecular weight excluding hydrogens is 428 g/mol. The van der Waals surface area contributed by atoms with E-state index in [1.54, 1.807) is 11.1 Å². The molecule has 0 radical (unpaired) electrons. The fourth-order valence-electron chi connectivity index (χ4n) is 9.67. The summed E-state index contributed by atoms with van der Waals surface area (Å²) in [5.41, 5.74) is 4.93. The van der Waals surface area contributed by atoms with E-state index in [0.29, 0.717) is 11.8 Å². The molecule has 35 heavy (non-hydrogen) atoms. The Morgan fingerprint density at radius 1 is 1.03 bits per heavy atom. The van der Waals surface area contributed by atoms with Crippen molar-refractivity contribution in [1.29, 1.82) is 0 Å². The summed E-state index contributed by atoms with van der Waals surface area (Å²) in [7, 11) is 0. The molecule has 6 atom stereocenters. The van der Waals surface area contributed by atoms with Crippen LogP contribution >= 0.6 is 0 Å². The summed E-state index contributed by atoms with van der Waals surface area (Å²) in [6, 6.07) is 9.99. The normalized spacial score (nSPS) is 42.4. The van der Waals surface area contributed by atoms with Gasteiger partial charge in [-0.25, -0.2) is 0 Å². The number of fused-ring (bicyclic) bond motifs is 2. The molecule has 4 fully saturated rings. The van der Waals surface area contributed by atoms with Crippen molar-refractivity contribution in [2.45, 2.75) is 94.3 Å². The second kappa shape index (κ2) is 7.29. The lowest BCUT2D eigenvalue weighted by Crippen LogP contribution is -2.55. The van der Waals surface area contributed by atoms with Crippen LogP contribution in [0.4, 0.5) is 0 Å². The molecule has 0 N–H and O–H groups in total. The number of nitrogens with zero attached hydrogens (tertiary/aromatic N) is 2. The molecule has 4 heterocycles. The number of allylic oxidation sites excluding steroid dienone is 1. The Kier molecular flexibility index (Phi) is 4.41. The smallest absolute Gasteiger partial charge is 0.0974 e. The van der Waals surface area contributed by atoms with Gasteiger partial charge in [0.25, 0.3) is 0 Å². The summed E-state index contributed by atoms with van der Waals surface area (Å²) in [6.07, 6.45) is 22.0. The van der Waals surface area contributed by atoms with Crippen molar-refractivity contribution in [3.63, 3.8) is 0 Å². The van der Waals surface area contributed by atoms with Crippen LogP contribution in [-0.2, 0) is 4.74 Å². The van der Waals surface area contributed by atoms with E-state index >= 15 is 0 Å². The highest BCUT2D eigenvalue weighted by Gasteiger charge is 2.66. The van der Waals surface area contributed by atoms with Crippen molar-refractivity contribution in [3.8, 4) is 0 Å². The minimum Gasteiger partial charge on any atom is -0.359 e. The minimum absolute atomic E-state index is 0.0216. The fraction of sp³-hybridized carbons (Fsp3) is 0.594. The standard InChI is InChI=1S/C32H38N2O/c1-30-12-10-26-19-25-6-7-27(34-16-2-3-17-34)20-31(25)13-14-32(26,35-31)29(30)9-8-28(30)23-5-4-22-11-15-33-21-24(22)18-23/h4-5,10-11,15,18-19,21,27-29H,2-3,6-9,12-14,16-17,20H2,1H3/t27-,28?,29-,30?,31-,32-/m1/s1. The number of rotatable bonds is 2. The molecule has 2 unspecified atom stereocenters. The van der Waals surface area contributed by atoms with Gasteiger partial charge in [-0.15, -0.1) is 0 Å². The number of pyridine rings is 1.